The Labute approximate surface area is 109 Å². The molecule has 2 aromatic rings. The van der Waals surface area contributed by atoms with Crippen LogP contribution in [0.2, 0.25) is 0 Å². The predicted molar refractivity (Wildman–Crippen MR) is 76.8 cm³/mol. The Morgan fingerprint density at radius 3 is 2.67 bits per heavy atom. The third-order valence-corrected chi connectivity index (χ3v) is 4.64. The Morgan fingerprint density at radius 1 is 1.28 bits per heavy atom. The summed E-state index contributed by atoms with van der Waals surface area (Å²) in [5.41, 5.74) is 4.57. The van der Waals surface area contributed by atoms with Gasteiger partial charge in [0.1, 0.15) is 0 Å². The smallest absolute Gasteiger partial charge is 0.0483 e. The zero-order valence-corrected chi connectivity index (χ0v) is 11.7. The Bertz CT molecular complexity index is 592. The number of para-hydroxylation sites is 1. The number of hydrogen-bond acceptors (Lipinski definition) is 1. The molecule has 1 saturated heterocycles. The van der Waals surface area contributed by atoms with Crippen LogP contribution in [0.25, 0.3) is 10.9 Å². The van der Waals surface area contributed by atoms with Gasteiger partial charge in [-0.1, -0.05) is 32.0 Å². The van der Waals surface area contributed by atoms with Crippen LogP contribution in [-0.2, 0) is 7.05 Å². The second-order valence-electron chi connectivity index (χ2n) is 6.20. The monoisotopic (exact) mass is 242 g/mol. The van der Waals surface area contributed by atoms with Crippen molar-refractivity contribution in [2.24, 2.45) is 12.5 Å². The lowest BCUT2D eigenvalue weighted by Gasteiger charge is -2.27. The minimum atomic E-state index is 0.342. The number of rotatable bonds is 1. The molecule has 96 valence electrons. The highest BCUT2D eigenvalue weighted by Gasteiger charge is 2.37. The Balaban J connectivity index is 2.26. The molecule has 0 radical (unpaired) electrons. The van der Waals surface area contributed by atoms with E-state index >= 15 is 0 Å². The first kappa shape index (κ1) is 11.8. The average molecular weight is 242 g/mol. The van der Waals surface area contributed by atoms with Gasteiger partial charge in [0.2, 0.25) is 0 Å². The van der Waals surface area contributed by atoms with Gasteiger partial charge in [0.05, 0.1) is 0 Å². The molecular weight excluding hydrogens is 220 g/mol. The molecule has 0 saturated carbocycles. The van der Waals surface area contributed by atoms with Crippen molar-refractivity contribution in [1.29, 1.82) is 0 Å². The third-order valence-electron chi connectivity index (χ3n) is 4.64. The largest absolute Gasteiger partial charge is 0.348 e. The maximum atomic E-state index is 3.70. The van der Waals surface area contributed by atoms with E-state index in [4.69, 9.17) is 0 Å². The van der Waals surface area contributed by atoms with Crippen LogP contribution in [0, 0.1) is 12.3 Å². The highest BCUT2D eigenvalue weighted by atomic mass is 15.0. The van der Waals surface area contributed by atoms with E-state index in [0.717, 1.165) is 6.54 Å². The molecule has 2 nitrogen and oxygen atoms in total. The van der Waals surface area contributed by atoms with Crippen LogP contribution < -0.4 is 5.32 Å². The summed E-state index contributed by atoms with van der Waals surface area (Å²) in [6.07, 6.45) is 1.25. The van der Waals surface area contributed by atoms with E-state index in [2.05, 4.69) is 62.0 Å². The van der Waals surface area contributed by atoms with Gasteiger partial charge in [-0.05, 0) is 36.9 Å². The Kier molecular flexibility index (Phi) is 2.53. The van der Waals surface area contributed by atoms with Crippen LogP contribution in [0.1, 0.15) is 37.6 Å². The molecule has 1 fully saturated rings. The van der Waals surface area contributed by atoms with E-state index in [0.29, 0.717) is 11.5 Å². The topological polar surface area (TPSA) is 17.0 Å². The summed E-state index contributed by atoms with van der Waals surface area (Å²) in [7, 11) is 2.17. The van der Waals surface area contributed by atoms with E-state index in [1.165, 1.54) is 28.6 Å². The second kappa shape index (κ2) is 3.86. The van der Waals surface area contributed by atoms with Crippen molar-refractivity contribution >= 4 is 10.9 Å². The summed E-state index contributed by atoms with van der Waals surface area (Å²) in [5, 5.41) is 5.10. The SMILES string of the molecule is Cc1c(C2NCCC2(C)C)c2ccccc2n1C. The molecule has 1 N–H and O–H groups in total. The minimum absolute atomic E-state index is 0.342. The van der Waals surface area contributed by atoms with Gasteiger partial charge >= 0.3 is 0 Å². The number of aryl methyl sites for hydroxylation is 1. The molecule has 1 aliphatic heterocycles. The number of benzene rings is 1. The maximum absolute atomic E-state index is 3.70. The van der Waals surface area contributed by atoms with E-state index in [1.54, 1.807) is 0 Å². The van der Waals surface area contributed by atoms with Crippen molar-refractivity contribution in [3.63, 3.8) is 0 Å². The van der Waals surface area contributed by atoms with Crippen LogP contribution in [0.4, 0.5) is 0 Å². The first-order valence-corrected chi connectivity index (χ1v) is 6.79. The third kappa shape index (κ3) is 1.52. The lowest BCUT2D eigenvalue weighted by molar-refractivity contribution is 0.320. The molecular formula is C16H22N2. The van der Waals surface area contributed by atoms with E-state index in [9.17, 15) is 0 Å². The number of aromatic nitrogens is 1. The molecule has 1 aromatic heterocycles. The Morgan fingerprint density at radius 2 is 2.00 bits per heavy atom. The summed E-state index contributed by atoms with van der Waals surface area (Å²) in [4.78, 5) is 0. The van der Waals surface area contributed by atoms with Crippen molar-refractivity contribution in [2.45, 2.75) is 33.2 Å². The van der Waals surface area contributed by atoms with Gasteiger partial charge in [-0.2, -0.15) is 0 Å². The molecule has 0 spiro atoms. The molecule has 0 bridgehead atoms. The molecule has 3 rings (SSSR count). The average Bonchev–Trinajstić information content (AvgIpc) is 2.80. The fourth-order valence-electron chi connectivity index (χ4n) is 3.37. The number of nitrogens with zero attached hydrogens (tertiary/aromatic N) is 1. The molecule has 1 unspecified atom stereocenters. The fraction of sp³-hybridized carbons (Fsp3) is 0.500. The zero-order valence-electron chi connectivity index (χ0n) is 11.7. The number of fused-ring (bicyclic) bond motifs is 1. The first-order chi connectivity index (χ1) is 8.52. The van der Waals surface area contributed by atoms with Gasteiger partial charge in [0.25, 0.3) is 0 Å². The van der Waals surface area contributed by atoms with Gasteiger partial charge in [-0.15, -0.1) is 0 Å². The Hall–Kier alpha value is -1.28. The molecule has 0 amide bonds. The van der Waals surface area contributed by atoms with Crippen molar-refractivity contribution < 1.29 is 0 Å². The van der Waals surface area contributed by atoms with Crippen molar-refractivity contribution in [1.82, 2.24) is 9.88 Å². The van der Waals surface area contributed by atoms with E-state index in [1.807, 2.05) is 0 Å². The first-order valence-electron chi connectivity index (χ1n) is 6.79. The van der Waals surface area contributed by atoms with Crippen LogP contribution in [0.15, 0.2) is 24.3 Å². The maximum Gasteiger partial charge on any atom is 0.0483 e. The standard InChI is InChI=1S/C16H22N2/c1-11-14(15-16(2,3)9-10-17-15)12-7-5-6-8-13(12)18(11)4/h5-8,15,17H,9-10H2,1-4H3. The molecule has 1 atom stereocenters. The molecule has 2 heteroatoms. The zero-order chi connectivity index (χ0) is 12.9. The van der Waals surface area contributed by atoms with Gasteiger partial charge < -0.3 is 9.88 Å². The van der Waals surface area contributed by atoms with E-state index in [-0.39, 0.29) is 0 Å². The second-order valence-corrected chi connectivity index (χ2v) is 6.20. The summed E-state index contributed by atoms with van der Waals surface area (Å²) >= 11 is 0. The van der Waals surface area contributed by atoms with Crippen molar-refractivity contribution in [3.8, 4) is 0 Å². The fourth-order valence-corrected chi connectivity index (χ4v) is 3.37. The van der Waals surface area contributed by atoms with Crippen molar-refractivity contribution in [3.05, 3.63) is 35.5 Å². The van der Waals surface area contributed by atoms with Crippen LogP contribution in [-0.4, -0.2) is 11.1 Å². The normalized spacial score (nSPS) is 22.8. The van der Waals surface area contributed by atoms with E-state index < -0.39 is 0 Å². The number of hydrogen-bond donors (Lipinski definition) is 1. The highest BCUT2D eigenvalue weighted by Crippen LogP contribution is 2.44. The summed E-state index contributed by atoms with van der Waals surface area (Å²) in [6, 6.07) is 9.22. The van der Waals surface area contributed by atoms with Gasteiger partial charge in [0, 0.05) is 29.7 Å². The lowest BCUT2D eigenvalue weighted by atomic mass is 9.80. The number of nitrogens with one attached hydrogen (secondary N) is 1. The molecule has 0 aliphatic carbocycles. The molecule has 1 aromatic carbocycles. The van der Waals surface area contributed by atoms with Crippen LogP contribution in [0.3, 0.4) is 0 Å². The predicted octanol–water partition coefficient (Wildman–Crippen LogP) is 3.55. The molecule has 18 heavy (non-hydrogen) atoms. The highest BCUT2D eigenvalue weighted by molar-refractivity contribution is 5.86. The lowest BCUT2D eigenvalue weighted by Crippen LogP contribution is -2.24. The van der Waals surface area contributed by atoms with Crippen LogP contribution >= 0.6 is 0 Å². The van der Waals surface area contributed by atoms with Crippen LogP contribution in [0.5, 0.6) is 0 Å². The van der Waals surface area contributed by atoms with Crippen molar-refractivity contribution in [2.75, 3.05) is 6.54 Å². The molecule has 1 aliphatic rings. The van der Waals surface area contributed by atoms with Gasteiger partial charge in [-0.25, -0.2) is 0 Å². The minimum Gasteiger partial charge on any atom is -0.348 e. The summed E-state index contributed by atoms with van der Waals surface area (Å²) in [5.74, 6) is 0. The summed E-state index contributed by atoms with van der Waals surface area (Å²) in [6.45, 7) is 8.11. The van der Waals surface area contributed by atoms with Gasteiger partial charge in [-0.3, -0.25) is 0 Å². The molecule has 2 heterocycles. The van der Waals surface area contributed by atoms with Gasteiger partial charge in [0.15, 0.2) is 0 Å². The summed E-state index contributed by atoms with van der Waals surface area (Å²) < 4.78 is 2.32. The quantitative estimate of drug-likeness (QED) is 0.809.